The SMILES string of the molecule is CNC(=O)c1cc(NC(C)c2scnc2C)ccc1Cl. The number of benzene rings is 1. The first-order valence-corrected chi connectivity index (χ1v) is 7.47. The van der Waals surface area contributed by atoms with Crippen LogP contribution in [0.1, 0.15) is 33.9 Å². The molecule has 1 aromatic heterocycles. The normalized spacial score (nSPS) is 12.0. The molecule has 106 valence electrons. The fourth-order valence-corrected chi connectivity index (χ4v) is 2.98. The number of halogens is 1. The molecular weight excluding hydrogens is 294 g/mol. The van der Waals surface area contributed by atoms with E-state index >= 15 is 0 Å². The number of carbonyl (C=O) groups excluding carboxylic acids is 1. The van der Waals surface area contributed by atoms with Gasteiger partial charge in [-0.3, -0.25) is 4.79 Å². The van der Waals surface area contributed by atoms with Gasteiger partial charge in [0.2, 0.25) is 0 Å². The van der Waals surface area contributed by atoms with Crippen molar-refractivity contribution < 1.29 is 4.79 Å². The quantitative estimate of drug-likeness (QED) is 0.906. The van der Waals surface area contributed by atoms with Crippen LogP contribution in [0, 0.1) is 6.92 Å². The Balaban J connectivity index is 2.22. The molecule has 0 aliphatic rings. The van der Waals surface area contributed by atoms with E-state index in [2.05, 4.69) is 22.5 Å². The maximum Gasteiger partial charge on any atom is 0.252 e. The average molecular weight is 310 g/mol. The Morgan fingerprint density at radius 1 is 1.45 bits per heavy atom. The van der Waals surface area contributed by atoms with Crippen LogP contribution in [0.5, 0.6) is 0 Å². The predicted molar refractivity (Wildman–Crippen MR) is 83.7 cm³/mol. The summed E-state index contributed by atoms with van der Waals surface area (Å²) in [5.74, 6) is -0.194. The summed E-state index contributed by atoms with van der Waals surface area (Å²) < 4.78 is 0. The van der Waals surface area contributed by atoms with Gasteiger partial charge in [0.05, 0.1) is 27.8 Å². The number of aromatic nitrogens is 1. The highest BCUT2D eigenvalue weighted by Crippen LogP contribution is 2.27. The molecule has 0 radical (unpaired) electrons. The second kappa shape index (κ2) is 6.24. The van der Waals surface area contributed by atoms with Crippen LogP contribution in [-0.2, 0) is 0 Å². The summed E-state index contributed by atoms with van der Waals surface area (Å²) in [7, 11) is 1.59. The summed E-state index contributed by atoms with van der Waals surface area (Å²) in [5.41, 5.74) is 4.18. The van der Waals surface area contributed by atoms with E-state index in [1.54, 1.807) is 30.5 Å². The first-order valence-electron chi connectivity index (χ1n) is 6.21. The monoisotopic (exact) mass is 309 g/mol. The van der Waals surface area contributed by atoms with E-state index < -0.39 is 0 Å². The predicted octanol–water partition coefficient (Wildman–Crippen LogP) is 3.64. The minimum absolute atomic E-state index is 0.126. The summed E-state index contributed by atoms with van der Waals surface area (Å²) >= 11 is 7.65. The maximum absolute atomic E-state index is 11.7. The van der Waals surface area contributed by atoms with Crippen molar-refractivity contribution in [2.75, 3.05) is 12.4 Å². The number of thiazole rings is 1. The molecule has 6 heteroatoms. The molecule has 1 unspecified atom stereocenters. The topological polar surface area (TPSA) is 54.0 Å². The van der Waals surface area contributed by atoms with Crippen LogP contribution in [0.4, 0.5) is 5.69 Å². The van der Waals surface area contributed by atoms with E-state index in [4.69, 9.17) is 11.6 Å². The molecule has 2 N–H and O–H groups in total. The van der Waals surface area contributed by atoms with Gasteiger partial charge in [0.15, 0.2) is 0 Å². The maximum atomic E-state index is 11.7. The molecule has 4 nitrogen and oxygen atoms in total. The first-order chi connectivity index (χ1) is 9.52. The standard InChI is InChI=1S/C14H16ClN3OS/c1-8-13(20-7-17-8)9(2)18-10-4-5-12(15)11(6-10)14(19)16-3/h4-7,9,18H,1-3H3,(H,16,19). The van der Waals surface area contributed by atoms with E-state index in [1.807, 2.05) is 18.5 Å². The van der Waals surface area contributed by atoms with E-state index in [1.165, 1.54) is 4.88 Å². The zero-order valence-corrected chi connectivity index (χ0v) is 13.1. The molecule has 0 spiro atoms. The average Bonchev–Trinajstić information content (AvgIpc) is 2.86. The summed E-state index contributed by atoms with van der Waals surface area (Å²) in [5, 5.41) is 6.38. The molecule has 0 aliphatic carbocycles. The molecule has 1 heterocycles. The molecule has 0 bridgehead atoms. The van der Waals surface area contributed by atoms with Crippen LogP contribution in [0.3, 0.4) is 0 Å². The number of rotatable bonds is 4. The lowest BCUT2D eigenvalue weighted by Gasteiger charge is -2.15. The minimum Gasteiger partial charge on any atom is -0.378 e. The van der Waals surface area contributed by atoms with Gasteiger partial charge in [0.1, 0.15) is 0 Å². The van der Waals surface area contributed by atoms with Gasteiger partial charge in [-0.05, 0) is 32.0 Å². The molecule has 1 amide bonds. The van der Waals surface area contributed by atoms with Crippen molar-refractivity contribution in [3.63, 3.8) is 0 Å². The van der Waals surface area contributed by atoms with Gasteiger partial charge >= 0.3 is 0 Å². The van der Waals surface area contributed by atoms with Gasteiger partial charge in [0, 0.05) is 17.6 Å². The zero-order valence-electron chi connectivity index (χ0n) is 11.5. The van der Waals surface area contributed by atoms with Crippen LogP contribution in [0.2, 0.25) is 5.02 Å². The van der Waals surface area contributed by atoms with Crippen LogP contribution in [-0.4, -0.2) is 17.9 Å². The second-order valence-corrected chi connectivity index (χ2v) is 5.74. The van der Waals surface area contributed by atoms with Crippen molar-refractivity contribution >= 4 is 34.5 Å². The molecule has 0 saturated carbocycles. The van der Waals surface area contributed by atoms with Crippen molar-refractivity contribution in [2.24, 2.45) is 0 Å². The number of nitrogens with zero attached hydrogens (tertiary/aromatic N) is 1. The highest BCUT2D eigenvalue weighted by atomic mass is 35.5. The first kappa shape index (κ1) is 14.8. The third-order valence-corrected chi connectivity index (χ3v) is 4.44. The lowest BCUT2D eigenvalue weighted by Crippen LogP contribution is -2.18. The number of aryl methyl sites for hydroxylation is 1. The summed E-state index contributed by atoms with van der Waals surface area (Å²) in [4.78, 5) is 17.2. The number of nitrogens with one attached hydrogen (secondary N) is 2. The van der Waals surface area contributed by atoms with E-state index in [-0.39, 0.29) is 11.9 Å². The Kier molecular flexibility index (Phi) is 4.62. The number of anilines is 1. The third kappa shape index (κ3) is 3.11. The fraction of sp³-hybridized carbons (Fsp3) is 0.286. The Hall–Kier alpha value is -1.59. The molecule has 2 aromatic rings. The Morgan fingerprint density at radius 2 is 2.20 bits per heavy atom. The Bertz CT molecular complexity index is 627. The molecule has 0 aliphatic heterocycles. The van der Waals surface area contributed by atoms with Gasteiger partial charge in [-0.25, -0.2) is 4.98 Å². The molecule has 2 rings (SSSR count). The van der Waals surface area contributed by atoms with Gasteiger partial charge in [-0.15, -0.1) is 11.3 Å². The van der Waals surface area contributed by atoms with Crippen molar-refractivity contribution in [1.82, 2.24) is 10.3 Å². The lowest BCUT2D eigenvalue weighted by molar-refractivity contribution is 0.0963. The Labute approximate surface area is 127 Å². The molecular formula is C14H16ClN3OS. The van der Waals surface area contributed by atoms with Crippen molar-refractivity contribution in [1.29, 1.82) is 0 Å². The van der Waals surface area contributed by atoms with Crippen molar-refractivity contribution in [3.8, 4) is 0 Å². The lowest BCUT2D eigenvalue weighted by atomic mass is 10.1. The van der Waals surface area contributed by atoms with Crippen molar-refractivity contribution in [2.45, 2.75) is 19.9 Å². The highest BCUT2D eigenvalue weighted by molar-refractivity contribution is 7.09. The van der Waals surface area contributed by atoms with Crippen LogP contribution < -0.4 is 10.6 Å². The van der Waals surface area contributed by atoms with E-state index in [0.29, 0.717) is 10.6 Å². The van der Waals surface area contributed by atoms with Crippen molar-refractivity contribution in [3.05, 3.63) is 44.9 Å². The number of hydrogen-bond donors (Lipinski definition) is 2. The van der Waals surface area contributed by atoms with Gasteiger partial charge in [-0.1, -0.05) is 11.6 Å². The Morgan fingerprint density at radius 3 is 2.80 bits per heavy atom. The van der Waals surface area contributed by atoms with Crippen LogP contribution in [0.15, 0.2) is 23.7 Å². The largest absolute Gasteiger partial charge is 0.378 e. The summed E-state index contributed by atoms with van der Waals surface area (Å²) in [6, 6.07) is 5.47. The van der Waals surface area contributed by atoms with Gasteiger partial charge < -0.3 is 10.6 Å². The zero-order chi connectivity index (χ0) is 14.7. The number of hydrogen-bond acceptors (Lipinski definition) is 4. The minimum atomic E-state index is -0.194. The highest BCUT2D eigenvalue weighted by Gasteiger charge is 2.13. The molecule has 0 fully saturated rings. The molecule has 0 saturated heterocycles. The third-order valence-electron chi connectivity index (χ3n) is 3.00. The second-order valence-electron chi connectivity index (χ2n) is 4.44. The van der Waals surface area contributed by atoms with E-state index in [0.717, 1.165) is 11.4 Å². The van der Waals surface area contributed by atoms with Gasteiger partial charge in [0.25, 0.3) is 5.91 Å². The molecule has 20 heavy (non-hydrogen) atoms. The van der Waals surface area contributed by atoms with Crippen LogP contribution in [0.25, 0.3) is 0 Å². The van der Waals surface area contributed by atoms with E-state index in [9.17, 15) is 4.79 Å². The molecule has 1 aromatic carbocycles. The molecule has 1 atom stereocenters. The van der Waals surface area contributed by atoms with Crippen LogP contribution >= 0.6 is 22.9 Å². The smallest absolute Gasteiger partial charge is 0.252 e. The number of amides is 1. The summed E-state index contributed by atoms with van der Waals surface area (Å²) in [6.45, 7) is 4.05. The number of carbonyl (C=O) groups is 1. The fourth-order valence-electron chi connectivity index (χ4n) is 1.97. The van der Waals surface area contributed by atoms with Gasteiger partial charge in [-0.2, -0.15) is 0 Å². The summed E-state index contributed by atoms with van der Waals surface area (Å²) in [6.07, 6.45) is 0.